The van der Waals surface area contributed by atoms with Gasteiger partial charge in [-0.1, -0.05) is 13.5 Å². The summed E-state index contributed by atoms with van der Waals surface area (Å²) in [7, 11) is 9.37. The number of carbonyl (C=O) groups is 1. The van der Waals surface area contributed by atoms with Gasteiger partial charge in [0, 0.05) is 50.7 Å². The molecule has 0 saturated carbocycles. The summed E-state index contributed by atoms with van der Waals surface area (Å²) in [5, 5.41) is 3.19. The summed E-state index contributed by atoms with van der Waals surface area (Å²) in [6, 6.07) is 3.55. The summed E-state index contributed by atoms with van der Waals surface area (Å²) in [5.74, 6) is 1.53. The number of nitrogens with zero attached hydrogens (tertiary/aromatic N) is 6. The van der Waals surface area contributed by atoms with E-state index in [9.17, 15) is 4.79 Å². The molecule has 2 heterocycles. The number of benzene rings is 1. The number of nitrogen functional groups attached to an aromatic ring is 1. The Balaban J connectivity index is 1.86. The standard InChI is InChI=1S/C23H34N8O2/c1-8-15(2)31-14-16-13-25-22(27-21(16)30(6)23(31)32)26-18-11-17(24)19(12-20(18)33-7)29(5)10-9-28(3)4/h11-13H,2,8-10,14,24H2,1,3-7H3,(H,25,26,27). The molecular weight excluding hydrogens is 420 g/mol. The SMILES string of the molecule is C=C(CC)N1Cc2cnc(Nc3cc(N)c(N(C)CCN(C)C)cc3OC)nc2N(C)C1=O. The first kappa shape index (κ1) is 24.1. The van der Waals surface area contributed by atoms with Crippen molar-refractivity contribution < 1.29 is 9.53 Å². The summed E-state index contributed by atoms with van der Waals surface area (Å²) >= 11 is 0. The Labute approximate surface area is 195 Å². The molecule has 0 unspecified atom stereocenters. The minimum Gasteiger partial charge on any atom is -0.494 e. The number of nitrogens with two attached hydrogens (primary N) is 1. The fourth-order valence-corrected chi connectivity index (χ4v) is 3.58. The number of carbonyl (C=O) groups excluding carboxylic acids is 1. The molecule has 10 nitrogen and oxygen atoms in total. The van der Waals surface area contributed by atoms with Crippen LogP contribution in [0.25, 0.3) is 0 Å². The van der Waals surface area contributed by atoms with Crippen molar-refractivity contribution in [3.63, 3.8) is 0 Å². The number of hydrogen-bond acceptors (Lipinski definition) is 8. The maximum absolute atomic E-state index is 12.8. The van der Waals surface area contributed by atoms with E-state index in [0.29, 0.717) is 41.9 Å². The average molecular weight is 455 g/mol. The Kier molecular flexibility index (Phi) is 7.27. The van der Waals surface area contributed by atoms with Crippen molar-refractivity contribution in [3.8, 4) is 5.75 Å². The molecule has 1 aliphatic rings. The van der Waals surface area contributed by atoms with Crippen LogP contribution in [0.4, 0.5) is 33.6 Å². The van der Waals surface area contributed by atoms with Crippen LogP contribution in [0, 0.1) is 0 Å². The number of ether oxygens (including phenoxy) is 1. The predicted molar refractivity (Wildman–Crippen MR) is 133 cm³/mol. The second-order valence-electron chi connectivity index (χ2n) is 8.35. The molecule has 1 aromatic heterocycles. The lowest BCUT2D eigenvalue weighted by Crippen LogP contribution is -2.44. The van der Waals surface area contributed by atoms with E-state index in [4.69, 9.17) is 10.5 Å². The molecule has 0 atom stereocenters. The van der Waals surface area contributed by atoms with Gasteiger partial charge in [0.1, 0.15) is 11.6 Å². The summed E-state index contributed by atoms with van der Waals surface area (Å²) < 4.78 is 5.60. The molecule has 1 aromatic carbocycles. The Morgan fingerprint density at radius 2 is 2.03 bits per heavy atom. The normalized spacial score (nSPS) is 13.2. The maximum atomic E-state index is 12.8. The Morgan fingerprint density at radius 3 is 2.67 bits per heavy atom. The largest absolute Gasteiger partial charge is 0.494 e. The smallest absolute Gasteiger partial charge is 0.329 e. The van der Waals surface area contributed by atoms with Gasteiger partial charge in [0.2, 0.25) is 5.95 Å². The van der Waals surface area contributed by atoms with Crippen LogP contribution in [0.3, 0.4) is 0 Å². The van der Waals surface area contributed by atoms with E-state index in [1.54, 1.807) is 25.3 Å². The van der Waals surface area contributed by atoms with Crippen LogP contribution in [0.2, 0.25) is 0 Å². The Bertz CT molecular complexity index is 1040. The van der Waals surface area contributed by atoms with Crippen molar-refractivity contribution in [1.29, 1.82) is 0 Å². The molecule has 1 aliphatic heterocycles. The molecule has 0 radical (unpaired) electrons. The van der Waals surface area contributed by atoms with Gasteiger partial charge in [-0.25, -0.2) is 9.78 Å². The monoisotopic (exact) mass is 454 g/mol. The van der Waals surface area contributed by atoms with Gasteiger partial charge in [-0.15, -0.1) is 0 Å². The van der Waals surface area contributed by atoms with Crippen molar-refractivity contribution in [3.05, 3.63) is 36.2 Å². The highest BCUT2D eigenvalue weighted by atomic mass is 16.5. The lowest BCUT2D eigenvalue weighted by atomic mass is 10.2. The van der Waals surface area contributed by atoms with Crippen LogP contribution < -0.4 is 25.6 Å². The number of allylic oxidation sites excluding steroid dienone is 1. The molecular formula is C23H34N8O2. The quantitative estimate of drug-likeness (QED) is 0.557. The van der Waals surface area contributed by atoms with Crippen LogP contribution in [-0.4, -0.2) is 74.2 Å². The van der Waals surface area contributed by atoms with E-state index in [2.05, 4.69) is 31.7 Å². The van der Waals surface area contributed by atoms with Crippen molar-refractivity contribution in [2.75, 3.05) is 69.2 Å². The predicted octanol–water partition coefficient (Wildman–Crippen LogP) is 3.10. The highest BCUT2D eigenvalue weighted by molar-refractivity contribution is 5.94. The van der Waals surface area contributed by atoms with Gasteiger partial charge < -0.3 is 25.6 Å². The highest BCUT2D eigenvalue weighted by Gasteiger charge is 2.30. The number of nitrogens with one attached hydrogen (secondary N) is 1. The summed E-state index contributed by atoms with van der Waals surface area (Å²) in [4.78, 5) is 29.2. The van der Waals surface area contributed by atoms with Crippen LogP contribution in [-0.2, 0) is 6.54 Å². The molecule has 10 heteroatoms. The lowest BCUT2D eigenvalue weighted by Gasteiger charge is -2.34. The first-order chi connectivity index (χ1) is 15.7. The van der Waals surface area contributed by atoms with E-state index >= 15 is 0 Å². The number of likely N-dealkylation sites (N-methyl/N-ethyl adjacent to an activating group) is 2. The minimum absolute atomic E-state index is 0.161. The molecule has 0 saturated heterocycles. The first-order valence-corrected chi connectivity index (χ1v) is 10.9. The zero-order chi connectivity index (χ0) is 24.3. The van der Waals surface area contributed by atoms with Gasteiger partial charge in [0.05, 0.1) is 30.7 Å². The van der Waals surface area contributed by atoms with E-state index in [1.165, 1.54) is 4.90 Å². The molecule has 0 aliphatic carbocycles. The third kappa shape index (κ3) is 5.11. The number of urea groups is 1. The second kappa shape index (κ2) is 9.95. The van der Waals surface area contributed by atoms with Crippen LogP contribution in [0.5, 0.6) is 5.75 Å². The third-order valence-corrected chi connectivity index (χ3v) is 5.68. The van der Waals surface area contributed by atoms with Crippen LogP contribution >= 0.6 is 0 Å². The maximum Gasteiger partial charge on any atom is 0.329 e. The molecule has 3 N–H and O–H groups in total. The van der Waals surface area contributed by atoms with Crippen molar-refractivity contribution >= 4 is 34.9 Å². The Hall–Kier alpha value is -3.53. The second-order valence-corrected chi connectivity index (χ2v) is 8.35. The van der Waals surface area contributed by atoms with Gasteiger partial charge in [0.15, 0.2) is 0 Å². The van der Waals surface area contributed by atoms with Crippen LogP contribution in [0.1, 0.15) is 18.9 Å². The van der Waals surface area contributed by atoms with Crippen molar-refractivity contribution in [2.24, 2.45) is 0 Å². The number of hydrogen-bond donors (Lipinski definition) is 2. The van der Waals surface area contributed by atoms with Gasteiger partial charge in [-0.3, -0.25) is 9.80 Å². The average Bonchev–Trinajstić information content (AvgIpc) is 2.79. The van der Waals surface area contributed by atoms with E-state index in [-0.39, 0.29) is 6.03 Å². The van der Waals surface area contributed by atoms with E-state index < -0.39 is 0 Å². The number of anilines is 5. The zero-order valence-corrected chi connectivity index (χ0v) is 20.3. The molecule has 33 heavy (non-hydrogen) atoms. The number of fused-ring (bicyclic) bond motifs is 1. The van der Waals surface area contributed by atoms with Gasteiger partial charge in [-0.05, 0) is 26.6 Å². The number of rotatable bonds is 9. The van der Waals surface area contributed by atoms with Gasteiger partial charge >= 0.3 is 6.03 Å². The summed E-state index contributed by atoms with van der Waals surface area (Å²) in [5.41, 5.74) is 10.1. The van der Waals surface area contributed by atoms with Crippen LogP contribution in [0.15, 0.2) is 30.6 Å². The summed E-state index contributed by atoms with van der Waals surface area (Å²) in [6.45, 7) is 8.08. The van der Waals surface area contributed by atoms with E-state index in [1.807, 2.05) is 40.2 Å². The number of amides is 2. The Morgan fingerprint density at radius 1 is 1.30 bits per heavy atom. The number of aromatic nitrogens is 2. The molecule has 0 bridgehead atoms. The van der Waals surface area contributed by atoms with Crippen molar-refractivity contribution in [2.45, 2.75) is 19.9 Å². The molecule has 0 spiro atoms. The highest BCUT2D eigenvalue weighted by Crippen LogP contribution is 2.37. The minimum atomic E-state index is -0.161. The molecule has 2 aromatic rings. The summed E-state index contributed by atoms with van der Waals surface area (Å²) in [6.07, 6.45) is 2.42. The molecule has 3 rings (SSSR count). The fraction of sp³-hybridized carbons (Fsp3) is 0.435. The fourth-order valence-electron chi connectivity index (χ4n) is 3.58. The topological polar surface area (TPSA) is 103 Å². The molecule has 2 amide bonds. The van der Waals surface area contributed by atoms with Crippen molar-refractivity contribution in [1.82, 2.24) is 19.8 Å². The molecule has 178 valence electrons. The van der Waals surface area contributed by atoms with E-state index in [0.717, 1.165) is 30.0 Å². The molecule has 0 fully saturated rings. The zero-order valence-electron chi connectivity index (χ0n) is 20.3. The third-order valence-electron chi connectivity index (χ3n) is 5.68. The lowest BCUT2D eigenvalue weighted by molar-refractivity contribution is 0.213. The van der Waals surface area contributed by atoms with Gasteiger partial charge in [-0.2, -0.15) is 4.98 Å². The number of methoxy groups -OCH3 is 1. The van der Waals surface area contributed by atoms with Gasteiger partial charge in [0.25, 0.3) is 0 Å². The first-order valence-electron chi connectivity index (χ1n) is 10.9.